The maximum Gasteiger partial charge on any atom is 0.269 e. The van der Waals surface area contributed by atoms with Crippen LogP contribution < -0.4 is 5.32 Å². The van der Waals surface area contributed by atoms with Crippen LogP contribution in [0.3, 0.4) is 0 Å². The van der Waals surface area contributed by atoms with E-state index in [-0.39, 0.29) is 11.6 Å². The monoisotopic (exact) mass is 331 g/mol. The van der Waals surface area contributed by atoms with Crippen LogP contribution >= 0.6 is 11.8 Å². The van der Waals surface area contributed by atoms with Crippen molar-refractivity contribution in [3.8, 4) is 0 Å². The van der Waals surface area contributed by atoms with Gasteiger partial charge >= 0.3 is 0 Å². The summed E-state index contributed by atoms with van der Waals surface area (Å²) in [5, 5.41) is 14.1. The third kappa shape index (κ3) is 3.98. The first-order valence-corrected chi connectivity index (χ1v) is 8.46. The summed E-state index contributed by atoms with van der Waals surface area (Å²) in [6.45, 7) is 0. The Labute approximate surface area is 138 Å². The molecule has 3 rings (SSSR count). The molecule has 2 aliphatic rings. The molecule has 1 aliphatic carbocycles. The van der Waals surface area contributed by atoms with E-state index in [1.165, 1.54) is 43.2 Å². The highest BCUT2D eigenvalue weighted by Crippen LogP contribution is 2.29. The van der Waals surface area contributed by atoms with E-state index in [2.05, 4.69) is 10.3 Å². The minimum atomic E-state index is -0.442. The van der Waals surface area contributed by atoms with Crippen molar-refractivity contribution in [3.63, 3.8) is 0 Å². The van der Waals surface area contributed by atoms with Gasteiger partial charge in [0.1, 0.15) is 0 Å². The van der Waals surface area contributed by atoms with Gasteiger partial charge in [0.15, 0.2) is 5.17 Å². The molecule has 0 spiro atoms. The molecule has 1 aliphatic heterocycles. The molecule has 1 amide bonds. The number of carbonyl (C=O) groups is 1. The number of hydrogen-bond donors (Lipinski definition) is 1. The molecule has 0 radical (unpaired) electrons. The standard InChI is InChI=1S/C16H17N3O3S/c20-15-14(10-11-6-8-13(9-7-11)19(21)22)23-16(18-15)17-12-4-2-1-3-5-12/h6-10,12H,1-5H2,(H,17,18,20)/b14-10-. The number of benzene rings is 1. The van der Waals surface area contributed by atoms with Gasteiger partial charge in [-0.15, -0.1) is 0 Å². The number of carbonyl (C=O) groups excluding carboxylic acids is 1. The molecule has 1 heterocycles. The number of amides is 1. The summed E-state index contributed by atoms with van der Waals surface area (Å²) in [5.41, 5.74) is 0.794. The van der Waals surface area contributed by atoms with Crippen LogP contribution in [0.1, 0.15) is 37.7 Å². The lowest BCUT2D eigenvalue weighted by Gasteiger charge is -2.17. The lowest BCUT2D eigenvalue weighted by atomic mass is 9.96. The van der Waals surface area contributed by atoms with Crippen molar-refractivity contribution in [2.45, 2.75) is 38.1 Å². The largest absolute Gasteiger partial charge is 0.301 e. The highest BCUT2D eigenvalue weighted by atomic mass is 32.2. The van der Waals surface area contributed by atoms with E-state index in [0.717, 1.165) is 18.4 Å². The van der Waals surface area contributed by atoms with E-state index in [1.54, 1.807) is 18.2 Å². The van der Waals surface area contributed by atoms with Crippen molar-refractivity contribution in [1.82, 2.24) is 5.32 Å². The number of amidine groups is 1. The Hall–Kier alpha value is -2.15. The van der Waals surface area contributed by atoms with Gasteiger partial charge in [-0.1, -0.05) is 19.3 Å². The average molecular weight is 331 g/mol. The molecule has 23 heavy (non-hydrogen) atoms. The van der Waals surface area contributed by atoms with Gasteiger partial charge in [0.25, 0.3) is 11.6 Å². The smallest absolute Gasteiger partial charge is 0.269 e. The van der Waals surface area contributed by atoms with Gasteiger partial charge in [0, 0.05) is 12.1 Å². The Morgan fingerprint density at radius 1 is 1.22 bits per heavy atom. The molecular weight excluding hydrogens is 314 g/mol. The second-order valence-electron chi connectivity index (χ2n) is 5.64. The molecule has 6 nitrogen and oxygen atoms in total. The molecule has 120 valence electrons. The molecule has 7 heteroatoms. The van der Waals surface area contributed by atoms with Gasteiger partial charge in [-0.25, -0.2) is 0 Å². The molecule has 0 aromatic heterocycles. The van der Waals surface area contributed by atoms with Gasteiger partial charge in [-0.3, -0.25) is 19.9 Å². The van der Waals surface area contributed by atoms with Gasteiger partial charge in [0.2, 0.25) is 0 Å². The van der Waals surface area contributed by atoms with Crippen molar-refractivity contribution in [1.29, 1.82) is 0 Å². The number of nitrogens with zero attached hydrogens (tertiary/aromatic N) is 2. The number of thioether (sulfide) groups is 1. The zero-order valence-electron chi connectivity index (χ0n) is 12.5. The number of rotatable bonds is 3. The lowest BCUT2D eigenvalue weighted by Crippen LogP contribution is -2.22. The van der Waals surface area contributed by atoms with E-state index in [9.17, 15) is 14.9 Å². The molecule has 0 bridgehead atoms. The molecule has 1 saturated carbocycles. The first-order chi connectivity index (χ1) is 11.1. The highest BCUT2D eigenvalue weighted by Gasteiger charge is 2.25. The number of nitro benzene ring substituents is 1. The van der Waals surface area contributed by atoms with Crippen molar-refractivity contribution < 1.29 is 9.72 Å². The van der Waals surface area contributed by atoms with Crippen LogP contribution in [-0.4, -0.2) is 22.0 Å². The van der Waals surface area contributed by atoms with Gasteiger partial charge in [0.05, 0.1) is 15.9 Å². The fraction of sp³-hybridized carbons (Fsp3) is 0.375. The van der Waals surface area contributed by atoms with Crippen LogP contribution in [0.25, 0.3) is 6.08 Å². The molecule has 1 aromatic carbocycles. The highest BCUT2D eigenvalue weighted by molar-refractivity contribution is 8.18. The van der Waals surface area contributed by atoms with Crippen molar-refractivity contribution >= 4 is 34.6 Å². The van der Waals surface area contributed by atoms with Crippen LogP contribution in [0.5, 0.6) is 0 Å². The Morgan fingerprint density at radius 3 is 2.57 bits per heavy atom. The summed E-state index contributed by atoms with van der Waals surface area (Å²) < 4.78 is 0. The topological polar surface area (TPSA) is 84.6 Å². The maximum atomic E-state index is 12.0. The quantitative estimate of drug-likeness (QED) is 0.522. The van der Waals surface area contributed by atoms with Crippen LogP contribution in [0.4, 0.5) is 5.69 Å². The SMILES string of the molecule is O=C1NC(=NC2CCCCC2)S/C1=C\c1ccc([N+](=O)[O-])cc1. The number of nitro groups is 1. The number of non-ortho nitro benzene ring substituents is 1. The van der Waals surface area contributed by atoms with Crippen LogP contribution in [-0.2, 0) is 4.79 Å². The average Bonchev–Trinajstić information content (AvgIpc) is 2.88. The molecule has 2 fully saturated rings. The predicted molar refractivity (Wildman–Crippen MR) is 91.1 cm³/mol. The summed E-state index contributed by atoms with van der Waals surface area (Å²) in [6.07, 6.45) is 7.57. The Balaban J connectivity index is 1.71. The lowest BCUT2D eigenvalue weighted by molar-refractivity contribution is -0.384. The van der Waals surface area contributed by atoms with Gasteiger partial charge in [-0.05, 0) is 48.4 Å². The summed E-state index contributed by atoms with van der Waals surface area (Å²) in [4.78, 5) is 27.4. The van der Waals surface area contributed by atoms with E-state index in [1.807, 2.05) is 0 Å². The Kier molecular flexibility index (Phi) is 4.76. The van der Waals surface area contributed by atoms with Crippen molar-refractivity contribution in [2.75, 3.05) is 0 Å². The van der Waals surface area contributed by atoms with Crippen molar-refractivity contribution in [3.05, 3.63) is 44.8 Å². The van der Waals surface area contributed by atoms with E-state index in [4.69, 9.17) is 0 Å². The Morgan fingerprint density at radius 2 is 1.91 bits per heavy atom. The number of hydrogen-bond acceptors (Lipinski definition) is 5. The van der Waals surface area contributed by atoms with Crippen molar-refractivity contribution in [2.24, 2.45) is 4.99 Å². The summed E-state index contributed by atoms with van der Waals surface area (Å²) >= 11 is 1.33. The molecule has 0 atom stereocenters. The predicted octanol–water partition coefficient (Wildman–Crippen LogP) is 3.49. The van der Waals surface area contributed by atoms with E-state index >= 15 is 0 Å². The summed E-state index contributed by atoms with van der Waals surface area (Å²) in [7, 11) is 0. The number of nitrogens with one attached hydrogen (secondary N) is 1. The minimum Gasteiger partial charge on any atom is -0.301 e. The van der Waals surface area contributed by atoms with Gasteiger partial charge in [-0.2, -0.15) is 0 Å². The van der Waals surface area contributed by atoms with Crippen LogP contribution in [0.2, 0.25) is 0 Å². The fourth-order valence-electron chi connectivity index (χ4n) is 2.71. The Bertz CT molecular complexity index is 676. The van der Waals surface area contributed by atoms with Gasteiger partial charge < -0.3 is 5.32 Å². The van der Waals surface area contributed by atoms with E-state index in [0.29, 0.717) is 16.1 Å². The summed E-state index contributed by atoms with van der Waals surface area (Å²) in [6, 6.07) is 6.44. The molecule has 1 aromatic rings. The first kappa shape index (κ1) is 15.7. The normalized spacial score (nSPS) is 22.5. The van der Waals surface area contributed by atoms with Crippen LogP contribution in [0, 0.1) is 10.1 Å². The minimum absolute atomic E-state index is 0.0372. The fourth-order valence-corrected chi connectivity index (χ4v) is 3.60. The second kappa shape index (κ2) is 6.95. The zero-order chi connectivity index (χ0) is 16.2. The zero-order valence-corrected chi connectivity index (χ0v) is 13.3. The molecule has 1 N–H and O–H groups in total. The number of aliphatic imine (C=N–C) groups is 1. The summed E-state index contributed by atoms with van der Waals surface area (Å²) in [5.74, 6) is -0.164. The molecule has 0 unspecified atom stereocenters. The first-order valence-electron chi connectivity index (χ1n) is 7.65. The maximum absolute atomic E-state index is 12.0. The third-order valence-electron chi connectivity index (χ3n) is 3.93. The second-order valence-corrected chi connectivity index (χ2v) is 6.67. The molecule has 1 saturated heterocycles. The van der Waals surface area contributed by atoms with Crippen LogP contribution in [0.15, 0.2) is 34.2 Å². The molecular formula is C16H17N3O3S. The van der Waals surface area contributed by atoms with E-state index < -0.39 is 4.92 Å². The third-order valence-corrected chi connectivity index (χ3v) is 4.85.